The highest BCUT2D eigenvalue weighted by Gasteiger charge is 2.51. The minimum atomic E-state index is -0.512. The summed E-state index contributed by atoms with van der Waals surface area (Å²) in [5.74, 6) is -0.251. The van der Waals surface area contributed by atoms with Gasteiger partial charge in [-0.2, -0.15) is 0 Å². The predicted molar refractivity (Wildman–Crippen MR) is 83.1 cm³/mol. The average Bonchev–Trinajstić information content (AvgIpc) is 2.61. The molecule has 1 aliphatic heterocycles. The van der Waals surface area contributed by atoms with Crippen LogP contribution in [0.4, 0.5) is 11.4 Å². The molecule has 1 aromatic rings. The Morgan fingerprint density at radius 2 is 1.76 bits per heavy atom. The standard InChI is InChI=1S/C16H19ClN2O2/c17-11-5-6-12(18)13(9-11)19-14(20)10-16(15(19)21)7-3-1-2-4-8-16/h5-6,9H,1-4,7-8,10,18H2. The Balaban J connectivity index is 1.99. The fourth-order valence-corrected chi connectivity index (χ4v) is 3.71. The maximum absolute atomic E-state index is 12.9. The van der Waals surface area contributed by atoms with Crippen molar-refractivity contribution in [3.63, 3.8) is 0 Å². The maximum Gasteiger partial charge on any atom is 0.240 e. The smallest absolute Gasteiger partial charge is 0.240 e. The van der Waals surface area contributed by atoms with Gasteiger partial charge in [-0.1, -0.05) is 37.3 Å². The number of hydrogen-bond donors (Lipinski definition) is 1. The van der Waals surface area contributed by atoms with Crippen molar-refractivity contribution < 1.29 is 9.59 Å². The van der Waals surface area contributed by atoms with Crippen molar-refractivity contribution in [3.8, 4) is 0 Å². The average molecular weight is 307 g/mol. The molecule has 3 rings (SSSR count). The van der Waals surface area contributed by atoms with Crippen LogP contribution in [0.2, 0.25) is 5.02 Å². The second kappa shape index (κ2) is 5.34. The molecule has 2 fully saturated rings. The number of nitrogens with two attached hydrogens (primary N) is 1. The van der Waals surface area contributed by atoms with Crippen molar-refractivity contribution in [2.24, 2.45) is 5.41 Å². The Kier molecular flexibility index (Phi) is 3.66. The largest absolute Gasteiger partial charge is 0.397 e. The molecule has 5 heteroatoms. The molecule has 0 atom stereocenters. The molecule has 0 bridgehead atoms. The number of benzene rings is 1. The number of carbonyl (C=O) groups excluding carboxylic acids is 2. The van der Waals surface area contributed by atoms with Crippen LogP contribution in [0.15, 0.2) is 18.2 Å². The van der Waals surface area contributed by atoms with Gasteiger partial charge in [0.2, 0.25) is 11.8 Å². The third-order valence-corrected chi connectivity index (χ3v) is 4.92. The van der Waals surface area contributed by atoms with Crippen LogP contribution in [0.1, 0.15) is 44.9 Å². The first-order valence-corrected chi connectivity index (χ1v) is 7.84. The van der Waals surface area contributed by atoms with Crippen LogP contribution in [0, 0.1) is 5.41 Å². The molecule has 0 radical (unpaired) electrons. The summed E-state index contributed by atoms with van der Waals surface area (Å²) in [5, 5.41) is 0.474. The molecule has 0 unspecified atom stereocenters. The van der Waals surface area contributed by atoms with Crippen LogP contribution < -0.4 is 10.6 Å². The van der Waals surface area contributed by atoms with E-state index in [9.17, 15) is 9.59 Å². The van der Waals surface area contributed by atoms with E-state index in [0.717, 1.165) is 38.5 Å². The van der Waals surface area contributed by atoms with Crippen molar-refractivity contribution in [1.29, 1.82) is 0 Å². The molecule has 2 amide bonds. The molecular formula is C16H19ClN2O2. The third kappa shape index (κ3) is 2.42. The van der Waals surface area contributed by atoms with Crippen LogP contribution in [0.25, 0.3) is 0 Å². The topological polar surface area (TPSA) is 63.4 Å². The van der Waals surface area contributed by atoms with Crippen molar-refractivity contribution in [3.05, 3.63) is 23.2 Å². The van der Waals surface area contributed by atoms with E-state index >= 15 is 0 Å². The molecular weight excluding hydrogens is 288 g/mol. The number of hydrogen-bond acceptors (Lipinski definition) is 3. The van der Waals surface area contributed by atoms with E-state index in [0.29, 0.717) is 22.8 Å². The van der Waals surface area contributed by atoms with Gasteiger partial charge in [0.25, 0.3) is 0 Å². The molecule has 2 N–H and O–H groups in total. The van der Waals surface area contributed by atoms with Crippen LogP contribution in [-0.2, 0) is 9.59 Å². The summed E-state index contributed by atoms with van der Waals surface area (Å²) in [4.78, 5) is 26.6. The second-order valence-corrected chi connectivity index (χ2v) is 6.55. The van der Waals surface area contributed by atoms with Gasteiger partial charge in [-0.25, -0.2) is 4.90 Å². The van der Waals surface area contributed by atoms with E-state index in [4.69, 9.17) is 17.3 Å². The summed E-state index contributed by atoms with van der Waals surface area (Å²) < 4.78 is 0. The Hall–Kier alpha value is -1.55. The highest BCUT2D eigenvalue weighted by atomic mass is 35.5. The zero-order chi connectivity index (χ0) is 15.0. The Bertz CT molecular complexity index is 592. The molecule has 4 nitrogen and oxygen atoms in total. The van der Waals surface area contributed by atoms with Gasteiger partial charge in [0.1, 0.15) is 0 Å². The van der Waals surface area contributed by atoms with Gasteiger partial charge >= 0.3 is 0 Å². The summed E-state index contributed by atoms with van der Waals surface area (Å²) in [6.45, 7) is 0. The molecule has 21 heavy (non-hydrogen) atoms. The van der Waals surface area contributed by atoms with Gasteiger partial charge in [0.05, 0.1) is 16.8 Å². The fourth-order valence-electron chi connectivity index (χ4n) is 3.54. The van der Waals surface area contributed by atoms with Crippen LogP contribution in [0.3, 0.4) is 0 Å². The van der Waals surface area contributed by atoms with E-state index in [1.165, 1.54) is 4.90 Å². The molecule has 2 aliphatic rings. The number of nitrogens with zero attached hydrogens (tertiary/aromatic N) is 1. The minimum Gasteiger partial charge on any atom is -0.397 e. The van der Waals surface area contributed by atoms with Gasteiger partial charge < -0.3 is 5.73 Å². The van der Waals surface area contributed by atoms with Crippen molar-refractivity contribution >= 4 is 34.8 Å². The zero-order valence-corrected chi connectivity index (χ0v) is 12.7. The highest BCUT2D eigenvalue weighted by Crippen LogP contribution is 2.46. The number of amides is 2. The van der Waals surface area contributed by atoms with Crippen LogP contribution >= 0.6 is 11.6 Å². The summed E-state index contributed by atoms with van der Waals surface area (Å²) in [6.07, 6.45) is 6.21. The van der Waals surface area contributed by atoms with Gasteiger partial charge in [-0.3, -0.25) is 9.59 Å². The monoisotopic (exact) mass is 306 g/mol. The van der Waals surface area contributed by atoms with E-state index in [-0.39, 0.29) is 11.8 Å². The molecule has 1 saturated carbocycles. The lowest BCUT2D eigenvalue weighted by Crippen LogP contribution is -2.36. The Labute approximate surface area is 129 Å². The van der Waals surface area contributed by atoms with Crippen molar-refractivity contribution in [1.82, 2.24) is 0 Å². The van der Waals surface area contributed by atoms with Gasteiger partial charge in [-0.05, 0) is 31.0 Å². The minimum absolute atomic E-state index is 0.0941. The lowest BCUT2D eigenvalue weighted by atomic mass is 9.79. The molecule has 1 aromatic carbocycles. The van der Waals surface area contributed by atoms with Crippen molar-refractivity contribution in [2.75, 3.05) is 10.6 Å². The van der Waals surface area contributed by atoms with Gasteiger partial charge in [0.15, 0.2) is 0 Å². The number of anilines is 2. The normalized spacial score (nSPS) is 21.9. The highest BCUT2D eigenvalue weighted by molar-refractivity contribution is 6.32. The van der Waals surface area contributed by atoms with Crippen LogP contribution in [-0.4, -0.2) is 11.8 Å². The second-order valence-electron chi connectivity index (χ2n) is 6.11. The van der Waals surface area contributed by atoms with E-state index in [1.54, 1.807) is 18.2 Å². The van der Waals surface area contributed by atoms with Crippen molar-refractivity contribution in [2.45, 2.75) is 44.9 Å². The fraction of sp³-hybridized carbons (Fsp3) is 0.500. The summed E-state index contributed by atoms with van der Waals surface area (Å²) >= 11 is 5.99. The summed E-state index contributed by atoms with van der Waals surface area (Å²) in [5.41, 5.74) is 6.26. The number of carbonyl (C=O) groups is 2. The molecule has 1 heterocycles. The first-order chi connectivity index (χ1) is 10.0. The molecule has 112 valence electrons. The number of rotatable bonds is 1. The number of nitrogen functional groups attached to an aromatic ring is 1. The Morgan fingerprint density at radius 3 is 2.43 bits per heavy atom. The predicted octanol–water partition coefficient (Wildman–Crippen LogP) is 3.53. The molecule has 1 saturated heterocycles. The first kappa shape index (κ1) is 14.4. The van der Waals surface area contributed by atoms with Gasteiger partial charge in [-0.15, -0.1) is 0 Å². The van der Waals surface area contributed by atoms with Gasteiger partial charge in [0, 0.05) is 11.4 Å². The summed E-state index contributed by atoms with van der Waals surface area (Å²) in [6, 6.07) is 4.89. The maximum atomic E-state index is 12.9. The van der Waals surface area contributed by atoms with E-state index in [1.807, 2.05) is 0 Å². The number of imide groups is 1. The lowest BCUT2D eigenvalue weighted by molar-refractivity contribution is -0.126. The quantitative estimate of drug-likeness (QED) is 0.637. The molecule has 1 spiro atoms. The zero-order valence-electron chi connectivity index (χ0n) is 11.9. The van der Waals surface area contributed by atoms with Crippen LogP contribution in [0.5, 0.6) is 0 Å². The number of halogens is 1. The SMILES string of the molecule is Nc1ccc(Cl)cc1N1C(=O)CC2(CCCCCC2)C1=O. The van der Waals surface area contributed by atoms with E-state index < -0.39 is 5.41 Å². The van der Waals surface area contributed by atoms with E-state index in [2.05, 4.69) is 0 Å². The Morgan fingerprint density at radius 1 is 1.10 bits per heavy atom. The molecule has 0 aromatic heterocycles. The third-order valence-electron chi connectivity index (χ3n) is 4.69. The lowest BCUT2D eigenvalue weighted by Gasteiger charge is -2.25. The molecule has 1 aliphatic carbocycles. The first-order valence-electron chi connectivity index (χ1n) is 7.46. The summed E-state index contributed by atoms with van der Waals surface area (Å²) in [7, 11) is 0.